The molecule has 0 bridgehead atoms. The average molecular weight is 200 g/mol. The van der Waals surface area contributed by atoms with Crippen LogP contribution in [0.5, 0.6) is 0 Å². The first-order valence-electron chi connectivity index (χ1n) is 5.44. The van der Waals surface area contributed by atoms with E-state index in [4.69, 9.17) is 0 Å². The molecule has 0 spiro atoms. The van der Waals surface area contributed by atoms with Crippen molar-refractivity contribution in [3.63, 3.8) is 0 Å². The van der Waals surface area contributed by atoms with Crippen LogP contribution in [0.25, 0.3) is 0 Å². The van der Waals surface area contributed by atoms with Gasteiger partial charge in [-0.1, -0.05) is 40.0 Å². The number of methoxy groups -OCH3 is 1. The molecular formula is C12H24O2. The lowest BCUT2D eigenvalue weighted by Crippen LogP contribution is -2.24. The van der Waals surface area contributed by atoms with Crippen LogP contribution in [0.2, 0.25) is 0 Å². The zero-order valence-corrected chi connectivity index (χ0v) is 10.2. The summed E-state index contributed by atoms with van der Waals surface area (Å²) < 4.78 is 4.11. The maximum absolute atomic E-state index is 9.59. The van der Waals surface area contributed by atoms with Gasteiger partial charge in [0, 0.05) is 6.92 Å². The van der Waals surface area contributed by atoms with E-state index < -0.39 is 0 Å². The maximum atomic E-state index is 9.59. The Labute approximate surface area is 88.0 Å². The average Bonchev–Trinajstić information content (AvgIpc) is 2.11. The quantitative estimate of drug-likeness (QED) is 0.560. The molecule has 1 atom stereocenters. The van der Waals surface area contributed by atoms with Crippen molar-refractivity contribution in [1.82, 2.24) is 0 Å². The minimum atomic E-state index is -0.245. The van der Waals surface area contributed by atoms with Gasteiger partial charge in [0.15, 0.2) is 0 Å². The molecule has 1 unspecified atom stereocenters. The van der Waals surface area contributed by atoms with E-state index in [1.54, 1.807) is 0 Å². The SMILES string of the molecule is CC1CCCCC1(C)C.COC(C)=O. The standard InChI is InChI=1S/C9H18.C3H6O2/c1-8-6-4-5-7-9(8,2)3;1-3(4)5-2/h8H,4-7H2,1-3H3;1-2H3. The van der Waals surface area contributed by atoms with Gasteiger partial charge in [-0.25, -0.2) is 0 Å². The Morgan fingerprint density at radius 3 is 2.07 bits per heavy atom. The molecular weight excluding hydrogens is 176 g/mol. The Morgan fingerprint density at radius 2 is 1.86 bits per heavy atom. The van der Waals surface area contributed by atoms with Gasteiger partial charge in [-0.05, 0) is 17.8 Å². The molecule has 2 nitrogen and oxygen atoms in total. The Morgan fingerprint density at radius 1 is 1.36 bits per heavy atom. The molecule has 0 saturated heterocycles. The molecule has 1 saturated carbocycles. The maximum Gasteiger partial charge on any atom is 0.302 e. The van der Waals surface area contributed by atoms with Crippen LogP contribution in [0.3, 0.4) is 0 Å². The van der Waals surface area contributed by atoms with E-state index in [2.05, 4.69) is 25.5 Å². The number of hydrogen-bond donors (Lipinski definition) is 0. The molecule has 1 aliphatic carbocycles. The first-order chi connectivity index (χ1) is 6.40. The third-order valence-corrected chi connectivity index (χ3v) is 3.33. The van der Waals surface area contributed by atoms with Crippen molar-refractivity contribution < 1.29 is 9.53 Å². The molecule has 0 radical (unpaired) electrons. The van der Waals surface area contributed by atoms with Crippen LogP contribution in [-0.4, -0.2) is 13.1 Å². The van der Waals surface area contributed by atoms with Crippen LogP contribution in [0.4, 0.5) is 0 Å². The number of carbonyl (C=O) groups is 1. The fourth-order valence-corrected chi connectivity index (χ4v) is 1.67. The largest absolute Gasteiger partial charge is 0.469 e. The molecule has 1 rings (SSSR count). The zero-order valence-electron chi connectivity index (χ0n) is 10.2. The highest BCUT2D eigenvalue weighted by Crippen LogP contribution is 2.39. The number of rotatable bonds is 0. The smallest absolute Gasteiger partial charge is 0.302 e. The molecule has 0 aromatic carbocycles. The molecule has 0 aromatic heterocycles. The van der Waals surface area contributed by atoms with E-state index in [1.807, 2.05) is 0 Å². The second-order valence-corrected chi connectivity index (χ2v) is 4.83. The normalized spacial score (nSPS) is 24.5. The summed E-state index contributed by atoms with van der Waals surface area (Å²) in [4.78, 5) is 9.59. The van der Waals surface area contributed by atoms with Gasteiger partial charge in [0.1, 0.15) is 0 Å². The van der Waals surface area contributed by atoms with Gasteiger partial charge in [0.2, 0.25) is 0 Å². The minimum Gasteiger partial charge on any atom is -0.469 e. The molecule has 0 aromatic rings. The Hall–Kier alpha value is -0.530. The van der Waals surface area contributed by atoms with Crippen molar-refractivity contribution in [1.29, 1.82) is 0 Å². The highest BCUT2D eigenvalue weighted by molar-refractivity contribution is 5.65. The lowest BCUT2D eigenvalue weighted by atomic mass is 9.70. The number of esters is 1. The van der Waals surface area contributed by atoms with E-state index in [1.165, 1.54) is 39.7 Å². The van der Waals surface area contributed by atoms with Crippen molar-refractivity contribution >= 4 is 5.97 Å². The monoisotopic (exact) mass is 200 g/mol. The second-order valence-electron chi connectivity index (χ2n) is 4.83. The summed E-state index contributed by atoms with van der Waals surface area (Å²) in [6.07, 6.45) is 5.81. The lowest BCUT2D eigenvalue weighted by Gasteiger charge is -2.36. The van der Waals surface area contributed by atoms with E-state index in [0.29, 0.717) is 5.41 Å². The van der Waals surface area contributed by atoms with Gasteiger partial charge < -0.3 is 4.74 Å². The van der Waals surface area contributed by atoms with Gasteiger partial charge in [-0.3, -0.25) is 4.79 Å². The topological polar surface area (TPSA) is 26.3 Å². The van der Waals surface area contributed by atoms with Crippen molar-refractivity contribution in [3.8, 4) is 0 Å². The molecule has 0 N–H and O–H groups in total. The number of ether oxygens (including phenoxy) is 1. The molecule has 1 fully saturated rings. The van der Waals surface area contributed by atoms with Crippen LogP contribution in [0.15, 0.2) is 0 Å². The molecule has 0 amide bonds. The van der Waals surface area contributed by atoms with Crippen LogP contribution in [-0.2, 0) is 9.53 Å². The van der Waals surface area contributed by atoms with Crippen molar-refractivity contribution in [2.24, 2.45) is 11.3 Å². The van der Waals surface area contributed by atoms with E-state index >= 15 is 0 Å². The van der Waals surface area contributed by atoms with Crippen LogP contribution < -0.4 is 0 Å². The van der Waals surface area contributed by atoms with Gasteiger partial charge in [-0.2, -0.15) is 0 Å². The van der Waals surface area contributed by atoms with Gasteiger partial charge in [-0.15, -0.1) is 0 Å². The summed E-state index contributed by atoms with van der Waals surface area (Å²) in [6.45, 7) is 8.55. The summed E-state index contributed by atoms with van der Waals surface area (Å²) in [7, 11) is 1.35. The summed E-state index contributed by atoms with van der Waals surface area (Å²) in [5, 5.41) is 0. The predicted molar refractivity (Wildman–Crippen MR) is 59.1 cm³/mol. The Kier molecular flexibility index (Phi) is 5.82. The predicted octanol–water partition coefficient (Wildman–Crippen LogP) is 3.40. The zero-order chi connectivity index (χ0) is 11.2. The molecule has 0 aliphatic heterocycles. The lowest BCUT2D eigenvalue weighted by molar-refractivity contribution is -0.137. The number of carbonyl (C=O) groups excluding carboxylic acids is 1. The van der Waals surface area contributed by atoms with Crippen molar-refractivity contribution in [2.45, 2.75) is 53.4 Å². The van der Waals surface area contributed by atoms with Crippen LogP contribution in [0.1, 0.15) is 53.4 Å². The summed E-state index contributed by atoms with van der Waals surface area (Å²) >= 11 is 0. The van der Waals surface area contributed by atoms with E-state index in [9.17, 15) is 4.79 Å². The molecule has 1 aliphatic rings. The fourth-order valence-electron chi connectivity index (χ4n) is 1.67. The first kappa shape index (κ1) is 13.5. The van der Waals surface area contributed by atoms with Gasteiger partial charge in [0.05, 0.1) is 7.11 Å². The van der Waals surface area contributed by atoms with Crippen molar-refractivity contribution in [2.75, 3.05) is 7.11 Å². The minimum absolute atomic E-state index is 0.245. The van der Waals surface area contributed by atoms with Gasteiger partial charge in [0.25, 0.3) is 0 Å². The first-order valence-corrected chi connectivity index (χ1v) is 5.44. The van der Waals surface area contributed by atoms with E-state index in [0.717, 1.165) is 5.92 Å². The fraction of sp³-hybridized carbons (Fsp3) is 0.917. The van der Waals surface area contributed by atoms with Gasteiger partial charge >= 0.3 is 5.97 Å². The van der Waals surface area contributed by atoms with Crippen molar-refractivity contribution in [3.05, 3.63) is 0 Å². The summed E-state index contributed by atoms with van der Waals surface area (Å²) in [6, 6.07) is 0. The second kappa shape index (κ2) is 6.05. The van der Waals surface area contributed by atoms with Crippen LogP contribution in [0, 0.1) is 11.3 Å². The molecule has 2 heteroatoms. The summed E-state index contributed by atoms with van der Waals surface area (Å²) in [5.74, 6) is 0.705. The number of hydrogen-bond acceptors (Lipinski definition) is 2. The molecule has 14 heavy (non-hydrogen) atoms. The highest BCUT2D eigenvalue weighted by Gasteiger charge is 2.27. The van der Waals surface area contributed by atoms with Crippen LogP contribution >= 0.6 is 0 Å². The molecule has 0 heterocycles. The summed E-state index contributed by atoms with van der Waals surface area (Å²) in [5.41, 5.74) is 0.637. The Bertz CT molecular complexity index is 173. The highest BCUT2D eigenvalue weighted by atomic mass is 16.5. The Balaban J connectivity index is 0.000000292. The third-order valence-electron chi connectivity index (χ3n) is 3.33. The third kappa shape index (κ3) is 5.25. The van der Waals surface area contributed by atoms with E-state index in [-0.39, 0.29) is 5.97 Å². The molecule has 84 valence electrons.